The monoisotopic (exact) mass is 193 g/mol. The summed E-state index contributed by atoms with van der Waals surface area (Å²) < 4.78 is 5.16. The largest absolute Gasteiger partial charge is 0.360 e. The molecular weight excluding hydrogens is 178 g/mol. The molecule has 0 fully saturated rings. The van der Waals surface area contributed by atoms with Gasteiger partial charge in [-0.3, -0.25) is 4.90 Å². The van der Waals surface area contributed by atoms with Gasteiger partial charge in [0.25, 0.3) is 0 Å². The second-order valence-electron chi connectivity index (χ2n) is 3.48. The van der Waals surface area contributed by atoms with Crippen molar-refractivity contribution in [3.8, 4) is 0 Å². The Balaban J connectivity index is 1.93. The van der Waals surface area contributed by atoms with Crippen LogP contribution in [0.4, 0.5) is 0 Å². The van der Waals surface area contributed by atoms with Crippen LogP contribution in [-0.2, 0) is 13.1 Å². The first-order valence-corrected chi connectivity index (χ1v) is 4.90. The van der Waals surface area contributed by atoms with Crippen LogP contribution in [0.1, 0.15) is 17.9 Å². The highest BCUT2D eigenvalue weighted by molar-refractivity contribution is 5.05. The van der Waals surface area contributed by atoms with E-state index in [0.717, 1.165) is 37.5 Å². The molecule has 1 aliphatic rings. The minimum atomic E-state index is 0.448. The van der Waals surface area contributed by atoms with Crippen LogP contribution < -0.4 is 5.73 Å². The topological polar surface area (TPSA) is 55.3 Å². The molecule has 0 spiro atoms. The van der Waals surface area contributed by atoms with Gasteiger partial charge in [0.2, 0.25) is 0 Å². The Morgan fingerprint density at radius 2 is 2.43 bits per heavy atom. The van der Waals surface area contributed by atoms with E-state index >= 15 is 0 Å². The fraction of sp³-hybridized carbons (Fsp3) is 0.500. The third kappa shape index (κ3) is 2.21. The van der Waals surface area contributed by atoms with Gasteiger partial charge in [0.15, 0.2) is 5.76 Å². The maximum Gasteiger partial charge on any atom is 0.151 e. The Hall–Kier alpha value is -1.13. The molecule has 0 amide bonds. The second-order valence-corrected chi connectivity index (χ2v) is 3.48. The van der Waals surface area contributed by atoms with Crippen LogP contribution in [0.15, 0.2) is 22.7 Å². The SMILES string of the molecule is NCc1cc(CN2CC=CCC2)on1. The highest BCUT2D eigenvalue weighted by Crippen LogP contribution is 2.09. The number of hydrogen-bond donors (Lipinski definition) is 1. The molecule has 2 rings (SSSR count). The zero-order valence-electron chi connectivity index (χ0n) is 8.15. The fourth-order valence-electron chi connectivity index (χ4n) is 1.58. The van der Waals surface area contributed by atoms with E-state index in [1.807, 2.05) is 6.07 Å². The lowest BCUT2D eigenvalue weighted by molar-refractivity contribution is 0.248. The van der Waals surface area contributed by atoms with Crippen molar-refractivity contribution >= 4 is 0 Å². The third-order valence-electron chi connectivity index (χ3n) is 2.34. The van der Waals surface area contributed by atoms with Gasteiger partial charge >= 0.3 is 0 Å². The summed E-state index contributed by atoms with van der Waals surface area (Å²) in [5, 5.41) is 3.86. The van der Waals surface area contributed by atoms with E-state index in [0.29, 0.717) is 6.54 Å². The highest BCUT2D eigenvalue weighted by Gasteiger charge is 2.10. The van der Waals surface area contributed by atoms with Gasteiger partial charge in [0.1, 0.15) is 0 Å². The molecule has 4 heteroatoms. The lowest BCUT2D eigenvalue weighted by Gasteiger charge is -2.20. The molecule has 0 radical (unpaired) electrons. The zero-order valence-corrected chi connectivity index (χ0v) is 8.15. The Kier molecular flexibility index (Phi) is 2.96. The molecule has 14 heavy (non-hydrogen) atoms. The Bertz CT molecular complexity index is 319. The lowest BCUT2D eigenvalue weighted by atomic mass is 10.2. The molecule has 0 aromatic carbocycles. The quantitative estimate of drug-likeness (QED) is 0.724. The number of nitrogens with two attached hydrogens (primary N) is 1. The van der Waals surface area contributed by atoms with Crippen LogP contribution in [-0.4, -0.2) is 23.1 Å². The van der Waals surface area contributed by atoms with Crippen molar-refractivity contribution in [2.24, 2.45) is 5.73 Å². The van der Waals surface area contributed by atoms with Crippen LogP contribution in [0, 0.1) is 0 Å². The van der Waals surface area contributed by atoms with Crippen molar-refractivity contribution < 1.29 is 4.52 Å². The van der Waals surface area contributed by atoms with Gasteiger partial charge in [0.05, 0.1) is 12.2 Å². The van der Waals surface area contributed by atoms with E-state index in [1.165, 1.54) is 0 Å². The molecule has 0 atom stereocenters. The smallest absolute Gasteiger partial charge is 0.151 e. The number of nitrogens with zero attached hydrogens (tertiary/aromatic N) is 2. The van der Waals surface area contributed by atoms with Crippen molar-refractivity contribution in [1.82, 2.24) is 10.1 Å². The van der Waals surface area contributed by atoms with Gasteiger partial charge in [-0.15, -0.1) is 0 Å². The molecule has 1 aromatic heterocycles. The molecule has 1 aliphatic heterocycles. The first-order chi connectivity index (χ1) is 6.88. The first kappa shape index (κ1) is 9.43. The van der Waals surface area contributed by atoms with Gasteiger partial charge in [-0.2, -0.15) is 0 Å². The van der Waals surface area contributed by atoms with Gasteiger partial charge in [-0.05, 0) is 6.42 Å². The summed E-state index contributed by atoms with van der Waals surface area (Å²) >= 11 is 0. The zero-order chi connectivity index (χ0) is 9.80. The molecule has 2 heterocycles. The predicted octanol–water partition coefficient (Wildman–Crippen LogP) is 0.895. The summed E-state index contributed by atoms with van der Waals surface area (Å²) in [6.45, 7) is 3.37. The van der Waals surface area contributed by atoms with E-state index in [2.05, 4.69) is 22.2 Å². The molecule has 0 aliphatic carbocycles. The Morgan fingerprint density at radius 3 is 3.07 bits per heavy atom. The van der Waals surface area contributed by atoms with Crippen molar-refractivity contribution in [2.75, 3.05) is 13.1 Å². The van der Waals surface area contributed by atoms with Crippen LogP contribution >= 0.6 is 0 Å². The predicted molar refractivity (Wildman–Crippen MR) is 53.4 cm³/mol. The molecule has 76 valence electrons. The van der Waals surface area contributed by atoms with Crippen LogP contribution in [0.5, 0.6) is 0 Å². The van der Waals surface area contributed by atoms with Crippen LogP contribution in [0.3, 0.4) is 0 Å². The molecule has 0 unspecified atom stereocenters. The number of hydrogen-bond acceptors (Lipinski definition) is 4. The van der Waals surface area contributed by atoms with Gasteiger partial charge in [-0.25, -0.2) is 0 Å². The van der Waals surface area contributed by atoms with Gasteiger partial charge in [-0.1, -0.05) is 17.3 Å². The van der Waals surface area contributed by atoms with Gasteiger partial charge in [0, 0.05) is 25.7 Å². The summed E-state index contributed by atoms with van der Waals surface area (Å²) in [5.41, 5.74) is 6.28. The van der Waals surface area contributed by atoms with Crippen molar-refractivity contribution in [2.45, 2.75) is 19.5 Å². The summed E-state index contributed by atoms with van der Waals surface area (Å²) in [6, 6.07) is 1.93. The molecule has 1 aromatic rings. The highest BCUT2D eigenvalue weighted by atomic mass is 16.5. The van der Waals surface area contributed by atoms with E-state index in [-0.39, 0.29) is 0 Å². The average molecular weight is 193 g/mol. The third-order valence-corrected chi connectivity index (χ3v) is 2.34. The first-order valence-electron chi connectivity index (χ1n) is 4.90. The van der Waals surface area contributed by atoms with Crippen molar-refractivity contribution in [3.63, 3.8) is 0 Å². The Morgan fingerprint density at radius 1 is 1.50 bits per heavy atom. The molecule has 2 N–H and O–H groups in total. The maximum absolute atomic E-state index is 5.45. The van der Waals surface area contributed by atoms with E-state index < -0.39 is 0 Å². The lowest BCUT2D eigenvalue weighted by Crippen LogP contribution is -2.26. The van der Waals surface area contributed by atoms with Gasteiger partial charge < -0.3 is 10.3 Å². The molecule has 4 nitrogen and oxygen atoms in total. The minimum absolute atomic E-state index is 0.448. The van der Waals surface area contributed by atoms with E-state index in [9.17, 15) is 0 Å². The van der Waals surface area contributed by atoms with E-state index in [4.69, 9.17) is 10.3 Å². The molecule has 0 saturated carbocycles. The minimum Gasteiger partial charge on any atom is -0.360 e. The second kappa shape index (κ2) is 4.39. The molecule has 0 bridgehead atoms. The summed E-state index contributed by atoms with van der Waals surface area (Å²) in [4.78, 5) is 2.32. The Labute approximate surface area is 83.4 Å². The average Bonchev–Trinajstić information content (AvgIpc) is 2.67. The summed E-state index contributed by atoms with van der Waals surface area (Å²) in [6.07, 6.45) is 5.52. The van der Waals surface area contributed by atoms with Crippen molar-refractivity contribution in [1.29, 1.82) is 0 Å². The van der Waals surface area contributed by atoms with Crippen LogP contribution in [0.2, 0.25) is 0 Å². The van der Waals surface area contributed by atoms with E-state index in [1.54, 1.807) is 0 Å². The summed E-state index contributed by atoms with van der Waals surface area (Å²) in [7, 11) is 0. The number of rotatable bonds is 3. The molecule has 0 saturated heterocycles. The van der Waals surface area contributed by atoms with Crippen molar-refractivity contribution in [3.05, 3.63) is 29.7 Å². The standard InChI is InChI=1S/C10H15N3O/c11-7-9-6-10(14-12-9)8-13-4-2-1-3-5-13/h1-2,6H,3-5,7-8,11H2. The molecular formula is C10H15N3O. The number of aromatic nitrogens is 1. The van der Waals surface area contributed by atoms with Crippen LogP contribution in [0.25, 0.3) is 0 Å². The summed E-state index contributed by atoms with van der Waals surface area (Å²) in [5.74, 6) is 0.903. The normalized spacial score (nSPS) is 17.5. The maximum atomic E-state index is 5.45. The fourth-order valence-corrected chi connectivity index (χ4v) is 1.58.